The van der Waals surface area contributed by atoms with Crippen LogP contribution >= 0.6 is 0 Å². The monoisotopic (exact) mass is 248 g/mol. The fourth-order valence-corrected chi connectivity index (χ4v) is 3.39. The first-order valence-electron chi connectivity index (χ1n) is 7.85. The van der Waals surface area contributed by atoms with E-state index in [-0.39, 0.29) is 0 Å². The summed E-state index contributed by atoms with van der Waals surface area (Å²) in [6.07, 6.45) is 12.3. The summed E-state index contributed by atoms with van der Waals surface area (Å²) in [5.74, 6) is 9.48. The Labute approximate surface area is 113 Å². The highest BCUT2D eigenvalue weighted by Crippen LogP contribution is 2.31. The van der Waals surface area contributed by atoms with E-state index in [4.69, 9.17) is 4.74 Å². The lowest BCUT2D eigenvalue weighted by Gasteiger charge is -2.26. The van der Waals surface area contributed by atoms with Gasteiger partial charge in [0.05, 0.1) is 6.10 Å². The Bertz CT molecular complexity index is 254. The SMILES string of the molecule is CCC1CCC(C#CC2CCC(OC)CC2)CC1. The van der Waals surface area contributed by atoms with Crippen molar-refractivity contribution in [2.24, 2.45) is 17.8 Å². The van der Waals surface area contributed by atoms with Gasteiger partial charge in [-0.25, -0.2) is 0 Å². The Morgan fingerprint density at radius 3 is 1.78 bits per heavy atom. The number of rotatable bonds is 2. The molecule has 0 aromatic rings. The van der Waals surface area contributed by atoms with E-state index in [2.05, 4.69) is 18.8 Å². The Balaban J connectivity index is 1.72. The molecule has 2 fully saturated rings. The quantitative estimate of drug-likeness (QED) is 0.658. The molecule has 0 aromatic heterocycles. The van der Waals surface area contributed by atoms with E-state index in [1.54, 1.807) is 0 Å². The molecule has 0 radical (unpaired) electrons. The van der Waals surface area contributed by atoms with Gasteiger partial charge >= 0.3 is 0 Å². The molecule has 18 heavy (non-hydrogen) atoms. The van der Waals surface area contributed by atoms with Crippen molar-refractivity contribution in [2.45, 2.75) is 70.8 Å². The van der Waals surface area contributed by atoms with Crippen molar-refractivity contribution in [3.63, 3.8) is 0 Å². The zero-order valence-corrected chi connectivity index (χ0v) is 12.1. The summed E-state index contributed by atoms with van der Waals surface area (Å²) in [4.78, 5) is 0. The molecule has 1 heteroatoms. The van der Waals surface area contributed by atoms with Gasteiger partial charge in [0.25, 0.3) is 0 Å². The number of methoxy groups -OCH3 is 1. The molecule has 0 N–H and O–H groups in total. The lowest BCUT2D eigenvalue weighted by molar-refractivity contribution is 0.0636. The summed E-state index contributed by atoms with van der Waals surface area (Å²) in [5.41, 5.74) is 0. The largest absolute Gasteiger partial charge is 0.381 e. The molecule has 1 nitrogen and oxygen atoms in total. The third-order valence-corrected chi connectivity index (χ3v) is 4.92. The summed E-state index contributed by atoms with van der Waals surface area (Å²) in [6, 6.07) is 0. The van der Waals surface area contributed by atoms with Gasteiger partial charge in [-0.3, -0.25) is 0 Å². The van der Waals surface area contributed by atoms with Crippen molar-refractivity contribution < 1.29 is 4.74 Å². The van der Waals surface area contributed by atoms with Crippen LogP contribution in [0.4, 0.5) is 0 Å². The zero-order valence-electron chi connectivity index (χ0n) is 12.1. The van der Waals surface area contributed by atoms with Gasteiger partial charge in [-0.2, -0.15) is 0 Å². The van der Waals surface area contributed by atoms with Gasteiger partial charge in [0.2, 0.25) is 0 Å². The smallest absolute Gasteiger partial charge is 0.0572 e. The maximum atomic E-state index is 5.41. The van der Waals surface area contributed by atoms with Gasteiger partial charge in [0.15, 0.2) is 0 Å². The van der Waals surface area contributed by atoms with Crippen LogP contribution in [0.25, 0.3) is 0 Å². The highest BCUT2D eigenvalue weighted by atomic mass is 16.5. The predicted octanol–water partition coefficient (Wildman–Crippen LogP) is 4.41. The number of ether oxygens (including phenoxy) is 1. The highest BCUT2D eigenvalue weighted by Gasteiger charge is 2.21. The average molecular weight is 248 g/mol. The first-order valence-corrected chi connectivity index (χ1v) is 7.85. The molecule has 2 rings (SSSR count). The fraction of sp³-hybridized carbons (Fsp3) is 0.882. The van der Waals surface area contributed by atoms with E-state index in [9.17, 15) is 0 Å². The second kappa shape index (κ2) is 7.19. The molecule has 102 valence electrons. The summed E-state index contributed by atoms with van der Waals surface area (Å²) in [5, 5.41) is 0. The third-order valence-electron chi connectivity index (χ3n) is 4.92. The van der Waals surface area contributed by atoms with E-state index in [0.717, 1.165) is 5.92 Å². The van der Waals surface area contributed by atoms with Crippen molar-refractivity contribution in [3.8, 4) is 11.8 Å². The fourth-order valence-electron chi connectivity index (χ4n) is 3.39. The maximum absolute atomic E-state index is 5.41. The number of hydrogen-bond acceptors (Lipinski definition) is 1. The van der Waals surface area contributed by atoms with Crippen LogP contribution in [-0.4, -0.2) is 13.2 Å². The van der Waals surface area contributed by atoms with Crippen LogP contribution in [0.2, 0.25) is 0 Å². The van der Waals surface area contributed by atoms with Gasteiger partial charge in [-0.1, -0.05) is 25.2 Å². The minimum absolute atomic E-state index is 0.503. The maximum Gasteiger partial charge on any atom is 0.0572 e. The van der Waals surface area contributed by atoms with Crippen LogP contribution in [0, 0.1) is 29.6 Å². The van der Waals surface area contributed by atoms with Gasteiger partial charge < -0.3 is 4.74 Å². The zero-order chi connectivity index (χ0) is 12.8. The van der Waals surface area contributed by atoms with Gasteiger partial charge in [0.1, 0.15) is 0 Å². The van der Waals surface area contributed by atoms with Crippen molar-refractivity contribution in [1.82, 2.24) is 0 Å². The van der Waals surface area contributed by atoms with Gasteiger partial charge in [-0.05, 0) is 57.3 Å². The third kappa shape index (κ3) is 4.02. The summed E-state index contributed by atoms with van der Waals surface area (Å²) >= 11 is 0. The second-order valence-corrected chi connectivity index (χ2v) is 6.12. The minimum Gasteiger partial charge on any atom is -0.381 e. The lowest BCUT2D eigenvalue weighted by Crippen LogP contribution is -2.19. The van der Waals surface area contributed by atoms with Gasteiger partial charge in [-0.15, -0.1) is 0 Å². The Kier molecular flexibility index (Phi) is 5.57. The van der Waals surface area contributed by atoms with E-state index >= 15 is 0 Å². The molecular weight excluding hydrogens is 220 g/mol. The molecule has 0 aliphatic heterocycles. The normalized spacial score (nSPS) is 36.8. The lowest BCUT2D eigenvalue weighted by atomic mass is 9.80. The van der Waals surface area contributed by atoms with Crippen LogP contribution in [-0.2, 0) is 4.74 Å². The molecule has 0 saturated heterocycles. The molecule has 0 atom stereocenters. The van der Waals surface area contributed by atoms with E-state index in [1.165, 1.54) is 57.8 Å². The molecule has 2 saturated carbocycles. The van der Waals surface area contributed by atoms with E-state index in [0.29, 0.717) is 17.9 Å². The predicted molar refractivity (Wildman–Crippen MR) is 76.3 cm³/mol. The van der Waals surface area contributed by atoms with Crippen molar-refractivity contribution in [2.75, 3.05) is 7.11 Å². The molecule has 0 unspecified atom stereocenters. The van der Waals surface area contributed by atoms with Crippen LogP contribution in [0.3, 0.4) is 0 Å². The first-order chi connectivity index (χ1) is 8.81. The summed E-state index contributed by atoms with van der Waals surface area (Å²) in [6.45, 7) is 2.32. The molecule has 0 heterocycles. The minimum atomic E-state index is 0.503. The van der Waals surface area contributed by atoms with Crippen LogP contribution in [0.1, 0.15) is 64.7 Å². The molecule has 2 aliphatic carbocycles. The Morgan fingerprint density at radius 1 is 0.833 bits per heavy atom. The molecule has 2 aliphatic rings. The average Bonchev–Trinajstić information content (AvgIpc) is 2.46. The Morgan fingerprint density at radius 2 is 1.33 bits per heavy atom. The highest BCUT2D eigenvalue weighted by molar-refractivity contribution is 5.09. The molecule has 0 amide bonds. The Hall–Kier alpha value is -0.480. The van der Waals surface area contributed by atoms with Gasteiger partial charge in [0, 0.05) is 18.9 Å². The first kappa shape index (κ1) is 13.9. The van der Waals surface area contributed by atoms with Crippen molar-refractivity contribution in [3.05, 3.63) is 0 Å². The molecule has 0 bridgehead atoms. The summed E-state index contributed by atoms with van der Waals surface area (Å²) < 4.78 is 5.41. The van der Waals surface area contributed by atoms with Crippen molar-refractivity contribution in [1.29, 1.82) is 0 Å². The van der Waals surface area contributed by atoms with E-state index in [1.807, 2.05) is 7.11 Å². The van der Waals surface area contributed by atoms with Crippen LogP contribution < -0.4 is 0 Å². The summed E-state index contributed by atoms with van der Waals surface area (Å²) in [7, 11) is 1.84. The van der Waals surface area contributed by atoms with E-state index < -0.39 is 0 Å². The standard InChI is InChI=1S/C17H28O/c1-3-14-4-6-15(7-5-14)8-9-16-10-12-17(18-2)13-11-16/h14-17H,3-7,10-13H2,1-2H3. The van der Waals surface area contributed by atoms with Crippen molar-refractivity contribution >= 4 is 0 Å². The van der Waals surface area contributed by atoms with Crippen LogP contribution in [0.15, 0.2) is 0 Å². The van der Waals surface area contributed by atoms with Crippen LogP contribution in [0.5, 0.6) is 0 Å². The molecule has 0 spiro atoms. The number of hydrogen-bond donors (Lipinski definition) is 0. The second-order valence-electron chi connectivity index (χ2n) is 6.12. The molecule has 0 aromatic carbocycles. The molecular formula is C17H28O. The topological polar surface area (TPSA) is 9.23 Å².